The summed E-state index contributed by atoms with van der Waals surface area (Å²) in [6.07, 6.45) is 3.93. The molecular weight excluding hydrogens is 232 g/mol. The average molecular weight is 246 g/mol. The highest BCUT2D eigenvalue weighted by molar-refractivity contribution is 8.16. The minimum Gasteiger partial charge on any atom is -0.211 e. The third kappa shape index (κ3) is 11.4. The molecule has 0 N–H and O–H groups in total. The predicted molar refractivity (Wildman–Crippen MR) is 65.0 cm³/mol. The smallest absolute Gasteiger partial charge is 0.211 e. The van der Waals surface area contributed by atoms with Crippen LogP contribution in [0.4, 0.5) is 0 Å². The summed E-state index contributed by atoms with van der Waals surface area (Å²) in [6, 6.07) is 0. The molecule has 15 heavy (non-hydrogen) atoms. The second kappa shape index (κ2) is 11.5. The zero-order valence-corrected chi connectivity index (χ0v) is 10.3. The van der Waals surface area contributed by atoms with E-state index in [1.807, 2.05) is 11.8 Å². The van der Waals surface area contributed by atoms with Gasteiger partial charge in [0.05, 0.1) is 13.1 Å². The van der Waals surface area contributed by atoms with Gasteiger partial charge in [0.25, 0.3) is 0 Å². The van der Waals surface area contributed by atoms with Gasteiger partial charge in [-0.3, -0.25) is 0 Å². The zero-order valence-electron chi connectivity index (χ0n) is 8.64. The molecule has 0 aliphatic heterocycles. The van der Waals surface area contributed by atoms with Crippen LogP contribution in [0.15, 0.2) is 9.98 Å². The van der Waals surface area contributed by atoms with Crippen LogP contribution in [0.2, 0.25) is 0 Å². The molecule has 4 nitrogen and oxygen atoms in total. The van der Waals surface area contributed by atoms with Crippen LogP contribution in [0.25, 0.3) is 0 Å². The first-order valence-corrected chi connectivity index (χ1v) is 6.71. The molecule has 0 aromatic heterocycles. The third-order valence-electron chi connectivity index (χ3n) is 1.45. The quantitative estimate of drug-likeness (QED) is 0.270. The molecule has 0 amide bonds. The van der Waals surface area contributed by atoms with Crippen molar-refractivity contribution in [1.29, 1.82) is 0 Å². The summed E-state index contributed by atoms with van der Waals surface area (Å²) in [7, 11) is 0. The van der Waals surface area contributed by atoms with Crippen LogP contribution in [0.1, 0.15) is 13.3 Å². The van der Waals surface area contributed by atoms with Crippen LogP contribution in [-0.4, -0.2) is 41.3 Å². The number of thioether (sulfide) groups is 2. The van der Waals surface area contributed by atoms with E-state index in [1.165, 1.54) is 12.2 Å². The molecule has 0 heterocycles. The van der Waals surface area contributed by atoms with E-state index in [0.717, 1.165) is 17.9 Å². The van der Waals surface area contributed by atoms with Gasteiger partial charge in [0, 0.05) is 10.3 Å². The Morgan fingerprint density at radius 1 is 1.07 bits per heavy atom. The Morgan fingerprint density at radius 3 is 2.33 bits per heavy atom. The fourth-order valence-electron chi connectivity index (χ4n) is 0.797. The van der Waals surface area contributed by atoms with Gasteiger partial charge in [-0.25, -0.2) is 19.6 Å². The lowest BCUT2D eigenvalue weighted by Gasteiger charge is -2.08. The van der Waals surface area contributed by atoms with Gasteiger partial charge < -0.3 is 0 Å². The molecule has 0 aliphatic carbocycles. The molecule has 0 bridgehead atoms. The van der Waals surface area contributed by atoms with Gasteiger partial charge in [0.15, 0.2) is 0 Å². The molecule has 0 aliphatic rings. The van der Waals surface area contributed by atoms with Crippen molar-refractivity contribution in [3.05, 3.63) is 0 Å². The summed E-state index contributed by atoms with van der Waals surface area (Å²) in [5.41, 5.74) is 0. The Hall–Kier alpha value is -0.540. The molecule has 0 radical (unpaired) electrons. The molecular formula is C9H14N2O2S2. The van der Waals surface area contributed by atoms with Crippen molar-refractivity contribution in [1.82, 2.24) is 0 Å². The molecule has 84 valence electrons. The van der Waals surface area contributed by atoms with Gasteiger partial charge in [-0.05, 0) is 19.1 Å². The summed E-state index contributed by atoms with van der Waals surface area (Å²) in [6.45, 7) is 3.21. The van der Waals surface area contributed by atoms with Gasteiger partial charge in [0.2, 0.25) is 12.2 Å². The number of rotatable bonds is 9. The van der Waals surface area contributed by atoms with Gasteiger partial charge in [-0.15, -0.1) is 23.5 Å². The van der Waals surface area contributed by atoms with Crippen molar-refractivity contribution < 1.29 is 9.59 Å². The Kier molecular flexibility index (Phi) is 11.1. The van der Waals surface area contributed by atoms with Crippen LogP contribution >= 0.6 is 23.5 Å². The average Bonchev–Trinajstić information content (AvgIpc) is 2.24. The Balaban J connectivity index is 3.28. The summed E-state index contributed by atoms with van der Waals surface area (Å²) in [5.74, 6) is 1.83. The first-order chi connectivity index (χ1) is 7.31. The van der Waals surface area contributed by atoms with Crippen LogP contribution in [-0.2, 0) is 9.59 Å². The molecule has 1 atom stereocenters. The van der Waals surface area contributed by atoms with Crippen molar-refractivity contribution in [2.75, 3.05) is 24.6 Å². The normalized spacial score (nSPS) is 11.3. The van der Waals surface area contributed by atoms with Gasteiger partial charge in [-0.1, -0.05) is 0 Å². The highest BCUT2D eigenvalue weighted by Crippen LogP contribution is 2.23. The number of nitrogens with zero attached hydrogens (tertiary/aromatic N) is 2. The number of hydrogen-bond donors (Lipinski definition) is 0. The second-order valence-corrected chi connectivity index (χ2v) is 5.80. The first kappa shape index (κ1) is 14.5. The van der Waals surface area contributed by atoms with Gasteiger partial charge >= 0.3 is 0 Å². The Bertz CT molecular complexity index is 248. The number of aliphatic imine (C=N–C) groups is 2. The molecule has 0 saturated heterocycles. The van der Waals surface area contributed by atoms with Gasteiger partial charge in [-0.2, -0.15) is 0 Å². The topological polar surface area (TPSA) is 58.9 Å². The van der Waals surface area contributed by atoms with Crippen molar-refractivity contribution in [3.63, 3.8) is 0 Å². The zero-order chi connectivity index (χ0) is 11.4. The summed E-state index contributed by atoms with van der Waals surface area (Å²) in [4.78, 5) is 26.5. The van der Waals surface area contributed by atoms with E-state index in [0.29, 0.717) is 17.7 Å². The van der Waals surface area contributed by atoms with Crippen molar-refractivity contribution >= 4 is 35.7 Å². The fourth-order valence-corrected chi connectivity index (χ4v) is 2.92. The van der Waals surface area contributed by atoms with Crippen molar-refractivity contribution in [2.24, 2.45) is 9.98 Å². The van der Waals surface area contributed by atoms with Crippen molar-refractivity contribution in [3.8, 4) is 0 Å². The van der Waals surface area contributed by atoms with Gasteiger partial charge in [0.1, 0.15) is 0 Å². The van der Waals surface area contributed by atoms with Crippen LogP contribution < -0.4 is 0 Å². The van der Waals surface area contributed by atoms with E-state index in [4.69, 9.17) is 0 Å². The Morgan fingerprint density at radius 2 is 1.67 bits per heavy atom. The largest absolute Gasteiger partial charge is 0.234 e. The lowest BCUT2D eigenvalue weighted by atomic mass is 10.5. The van der Waals surface area contributed by atoms with Crippen LogP contribution in [0, 0.1) is 0 Å². The Labute approximate surface area is 98.0 Å². The maximum Gasteiger partial charge on any atom is 0.234 e. The van der Waals surface area contributed by atoms with Crippen molar-refractivity contribution in [2.45, 2.75) is 17.9 Å². The highest BCUT2D eigenvalue weighted by atomic mass is 32.2. The molecule has 0 spiro atoms. The van der Waals surface area contributed by atoms with E-state index in [1.54, 1.807) is 11.8 Å². The third-order valence-corrected chi connectivity index (χ3v) is 4.15. The van der Waals surface area contributed by atoms with E-state index < -0.39 is 0 Å². The molecule has 1 unspecified atom stereocenters. The number of carbonyl (C=O) groups excluding carboxylic acids is 2. The monoisotopic (exact) mass is 246 g/mol. The SMILES string of the molecule is CC(SCCCN=C=O)SCCN=C=O. The maximum absolute atomic E-state index is 9.77. The van der Waals surface area contributed by atoms with E-state index >= 15 is 0 Å². The minimum atomic E-state index is 0.479. The molecule has 0 aromatic carbocycles. The maximum atomic E-state index is 9.77. The highest BCUT2D eigenvalue weighted by Gasteiger charge is 2.01. The molecule has 0 fully saturated rings. The van der Waals surface area contributed by atoms with Crippen LogP contribution in [0.3, 0.4) is 0 Å². The fraction of sp³-hybridized carbons (Fsp3) is 0.778. The predicted octanol–water partition coefficient (Wildman–Crippen LogP) is 1.86. The summed E-state index contributed by atoms with van der Waals surface area (Å²) in [5, 5.41) is 0. The lowest BCUT2D eigenvalue weighted by Crippen LogP contribution is -1.96. The molecule has 0 rings (SSSR count). The van der Waals surface area contributed by atoms with E-state index in [9.17, 15) is 9.59 Å². The number of hydrogen-bond acceptors (Lipinski definition) is 6. The second-order valence-electron chi connectivity index (χ2n) is 2.61. The summed E-state index contributed by atoms with van der Waals surface area (Å²) >= 11 is 3.58. The van der Waals surface area contributed by atoms with Crippen LogP contribution in [0.5, 0.6) is 0 Å². The first-order valence-electron chi connectivity index (χ1n) is 4.61. The lowest BCUT2D eigenvalue weighted by molar-refractivity contribution is 0.562. The number of isocyanates is 2. The van der Waals surface area contributed by atoms with E-state index in [2.05, 4.69) is 16.9 Å². The molecule has 0 saturated carbocycles. The summed E-state index contributed by atoms with van der Waals surface area (Å²) < 4.78 is 0.479. The molecule has 6 heteroatoms. The standard InChI is InChI=1S/C9H14N2O2S2/c1-9(15-6-4-11-8-13)14-5-2-3-10-7-12/h9H,2-6H2,1H3. The molecule has 0 aromatic rings. The minimum absolute atomic E-state index is 0.479. The van der Waals surface area contributed by atoms with E-state index in [-0.39, 0.29) is 0 Å².